The maximum absolute atomic E-state index is 12.5. The maximum atomic E-state index is 12.5. The van der Waals surface area contributed by atoms with E-state index in [9.17, 15) is 13.2 Å². The molecule has 3 heterocycles. The number of rotatable bonds is 5. The number of hydrogen-bond donors (Lipinski definition) is 2. The molecule has 0 aliphatic heterocycles. The molecule has 8 nitrogen and oxygen atoms in total. The fourth-order valence-electron chi connectivity index (χ4n) is 2.58. The smallest absolute Gasteiger partial charge is 0.273 e. The molecular formula is C18H15N5O3S2. The van der Waals surface area contributed by atoms with E-state index in [0.29, 0.717) is 5.69 Å². The molecule has 4 rings (SSSR count). The highest BCUT2D eigenvalue weighted by Crippen LogP contribution is 2.26. The van der Waals surface area contributed by atoms with Gasteiger partial charge in [-0.25, -0.2) is 18.4 Å². The maximum Gasteiger partial charge on any atom is 0.273 e. The van der Waals surface area contributed by atoms with Gasteiger partial charge in [-0.3, -0.25) is 9.52 Å². The minimum Gasteiger partial charge on any atom is -0.306 e. The van der Waals surface area contributed by atoms with Gasteiger partial charge in [0.25, 0.3) is 10.0 Å². The van der Waals surface area contributed by atoms with Crippen LogP contribution >= 0.6 is 11.3 Å². The van der Waals surface area contributed by atoms with Gasteiger partial charge in [0.15, 0.2) is 9.34 Å². The van der Waals surface area contributed by atoms with E-state index in [1.807, 2.05) is 35.0 Å². The number of carbonyl (C=O) groups is 1. The fraction of sp³-hybridized carbons (Fsp3) is 0.0556. The normalized spacial score (nSPS) is 11.5. The van der Waals surface area contributed by atoms with Gasteiger partial charge in [-0.15, -0.1) is 0 Å². The van der Waals surface area contributed by atoms with E-state index >= 15 is 0 Å². The van der Waals surface area contributed by atoms with E-state index in [1.165, 1.54) is 13.1 Å². The summed E-state index contributed by atoms with van der Waals surface area (Å²) in [5, 5.41) is 2.70. The summed E-state index contributed by atoms with van der Waals surface area (Å²) in [7, 11) is -3.79. The molecule has 0 unspecified atom stereocenters. The number of carbonyl (C=O) groups excluding carboxylic acids is 1. The predicted molar refractivity (Wildman–Crippen MR) is 108 cm³/mol. The number of pyridine rings is 1. The molecule has 4 aromatic rings. The lowest BCUT2D eigenvalue weighted by Crippen LogP contribution is -2.11. The molecular weight excluding hydrogens is 398 g/mol. The van der Waals surface area contributed by atoms with Crippen LogP contribution in [0.1, 0.15) is 6.92 Å². The minimum absolute atomic E-state index is 0.0145. The number of amides is 1. The van der Waals surface area contributed by atoms with Crippen molar-refractivity contribution in [3.8, 4) is 11.3 Å². The first-order chi connectivity index (χ1) is 13.4. The molecule has 142 valence electrons. The van der Waals surface area contributed by atoms with Crippen LogP contribution in [0.3, 0.4) is 0 Å². The van der Waals surface area contributed by atoms with Crippen LogP contribution in [0.4, 0.5) is 10.8 Å². The van der Waals surface area contributed by atoms with Crippen molar-refractivity contribution in [1.82, 2.24) is 14.4 Å². The highest BCUT2D eigenvalue weighted by Gasteiger charge is 2.18. The first-order valence-electron chi connectivity index (χ1n) is 8.21. The Hall–Kier alpha value is -3.24. The molecule has 2 N–H and O–H groups in total. The summed E-state index contributed by atoms with van der Waals surface area (Å²) < 4.78 is 29.5. The second kappa shape index (κ2) is 7.06. The Morgan fingerprint density at radius 2 is 1.93 bits per heavy atom. The number of aromatic nitrogens is 3. The Bertz CT molecular complexity index is 1230. The standard InChI is InChI=1S/C18H15N5O3S2/c1-12(24)20-18-19-10-17(27-18)28(25,26)22-14-7-5-13(6-8-14)15-11-23-9-3-2-4-16(23)21-15/h2-11,22H,1H3,(H,19,20,24). The number of nitrogens with zero attached hydrogens (tertiary/aromatic N) is 3. The first kappa shape index (κ1) is 18.1. The van der Waals surface area contributed by atoms with Gasteiger partial charge in [0.2, 0.25) is 5.91 Å². The summed E-state index contributed by atoms with van der Waals surface area (Å²) in [6, 6.07) is 12.7. The number of fused-ring (bicyclic) bond motifs is 1. The average molecular weight is 413 g/mol. The van der Waals surface area contributed by atoms with Gasteiger partial charge in [-0.1, -0.05) is 29.5 Å². The number of sulfonamides is 1. The summed E-state index contributed by atoms with van der Waals surface area (Å²) in [4.78, 5) is 19.5. The Morgan fingerprint density at radius 3 is 2.64 bits per heavy atom. The second-order valence-electron chi connectivity index (χ2n) is 5.94. The number of nitrogens with one attached hydrogen (secondary N) is 2. The Balaban J connectivity index is 1.53. The van der Waals surface area contributed by atoms with E-state index in [-0.39, 0.29) is 15.2 Å². The molecule has 0 atom stereocenters. The minimum atomic E-state index is -3.79. The zero-order valence-corrected chi connectivity index (χ0v) is 16.3. The zero-order chi connectivity index (χ0) is 19.7. The van der Waals surface area contributed by atoms with Crippen molar-refractivity contribution in [2.75, 3.05) is 10.0 Å². The monoisotopic (exact) mass is 413 g/mol. The lowest BCUT2D eigenvalue weighted by atomic mass is 10.1. The topological polar surface area (TPSA) is 105 Å². The van der Waals surface area contributed by atoms with Crippen LogP contribution in [-0.4, -0.2) is 28.7 Å². The van der Waals surface area contributed by atoms with Gasteiger partial charge in [-0.05, 0) is 24.3 Å². The second-order valence-corrected chi connectivity index (χ2v) is 8.88. The Morgan fingerprint density at radius 1 is 1.14 bits per heavy atom. The van der Waals surface area contributed by atoms with Crippen LogP contribution in [0.2, 0.25) is 0 Å². The van der Waals surface area contributed by atoms with E-state index in [4.69, 9.17) is 0 Å². The van der Waals surface area contributed by atoms with Gasteiger partial charge < -0.3 is 9.72 Å². The third-order valence-electron chi connectivity index (χ3n) is 3.83. The zero-order valence-electron chi connectivity index (χ0n) is 14.7. The van der Waals surface area contributed by atoms with Crippen LogP contribution in [0.25, 0.3) is 16.9 Å². The summed E-state index contributed by atoms with van der Waals surface area (Å²) in [6.45, 7) is 1.33. The van der Waals surface area contributed by atoms with Crippen molar-refractivity contribution in [2.24, 2.45) is 0 Å². The lowest BCUT2D eigenvalue weighted by Gasteiger charge is -2.06. The Labute approximate surface area is 164 Å². The van der Waals surface area contributed by atoms with Crippen molar-refractivity contribution >= 4 is 43.7 Å². The van der Waals surface area contributed by atoms with Gasteiger partial charge >= 0.3 is 0 Å². The van der Waals surface area contributed by atoms with Gasteiger partial charge in [0.05, 0.1) is 11.9 Å². The van der Waals surface area contributed by atoms with E-state index in [2.05, 4.69) is 20.0 Å². The van der Waals surface area contributed by atoms with Crippen LogP contribution in [0.15, 0.2) is 65.3 Å². The molecule has 1 aromatic carbocycles. The molecule has 0 aliphatic rings. The van der Waals surface area contributed by atoms with Gasteiger partial charge in [-0.2, -0.15) is 0 Å². The number of thiazole rings is 1. The van der Waals surface area contributed by atoms with E-state index < -0.39 is 10.0 Å². The highest BCUT2D eigenvalue weighted by atomic mass is 32.2. The SMILES string of the molecule is CC(=O)Nc1ncc(S(=O)(=O)Nc2ccc(-c3cn4ccccc4n3)cc2)s1. The molecule has 3 aromatic heterocycles. The van der Waals surface area contributed by atoms with Crippen molar-refractivity contribution in [1.29, 1.82) is 0 Å². The van der Waals surface area contributed by atoms with Gasteiger partial charge in [0.1, 0.15) is 5.65 Å². The number of benzene rings is 1. The molecule has 0 saturated carbocycles. The van der Waals surface area contributed by atoms with Crippen molar-refractivity contribution in [3.63, 3.8) is 0 Å². The molecule has 0 fully saturated rings. The summed E-state index contributed by atoms with van der Waals surface area (Å²) >= 11 is 0.884. The summed E-state index contributed by atoms with van der Waals surface area (Å²) in [6.07, 6.45) is 5.04. The lowest BCUT2D eigenvalue weighted by molar-refractivity contribution is -0.114. The third kappa shape index (κ3) is 3.73. The molecule has 1 amide bonds. The number of hydrogen-bond acceptors (Lipinski definition) is 6. The third-order valence-corrected chi connectivity index (χ3v) is 6.58. The van der Waals surface area contributed by atoms with Crippen LogP contribution < -0.4 is 10.0 Å². The summed E-state index contributed by atoms with van der Waals surface area (Å²) in [5.74, 6) is -0.311. The van der Waals surface area contributed by atoms with Gasteiger partial charge in [0, 0.05) is 30.6 Å². The molecule has 0 saturated heterocycles. The predicted octanol–water partition coefficient (Wildman–Crippen LogP) is 3.22. The number of imidazole rings is 1. The van der Waals surface area contributed by atoms with E-state index in [0.717, 1.165) is 28.2 Å². The molecule has 10 heteroatoms. The van der Waals surface area contributed by atoms with Crippen LogP contribution in [0, 0.1) is 0 Å². The molecule has 0 spiro atoms. The van der Waals surface area contributed by atoms with Crippen LogP contribution in [-0.2, 0) is 14.8 Å². The molecule has 0 aliphatic carbocycles. The molecule has 0 radical (unpaired) electrons. The van der Waals surface area contributed by atoms with Crippen molar-refractivity contribution in [2.45, 2.75) is 11.1 Å². The quantitative estimate of drug-likeness (QED) is 0.523. The fourth-order valence-corrected chi connectivity index (χ4v) is 4.72. The largest absolute Gasteiger partial charge is 0.306 e. The summed E-state index contributed by atoms with van der Waals surface area (Å²) in [5.41, 5.74) is 2.92. The molecule has 0 bridgehead atoms. The highest BCUT2D eigenvalue weighted by molar-refractivity contribution is 7.94. The van der Waals surface area contributed by atoms with Crippen molar-refractivity contribution < 1.29 is 13.2 Å². The molecule has 28 heavy (non-hydrogen) atoms. The van der Waals surface area contributed by atoms with E-state index in [1.54, 1.807) is 24.3 Å². The first-order valence-corrected chi connectivity index (χ1v) is 10.5. The Kier molecular flexibility index (Phi) is 4.57. The number of anilines is 2. The average Bonchev–Trinajstić information content (AvgIpc) is 3.28. The van der Waals surface area contributed by atoms with Crippen LogP contribution in [0.5, 0.6) is 0 Å². The van der Waals surface area contributed by atoms with Crippen molar-refractivity contribution in [3.05, 3.63) is 61.1 Å².